The van der Waals surface area contributed by atoms with Gasteiger partial charge in [-0.25, -0.2) is 9.78 Å². The molecule has 186 valence electrons. The van der Waals surface area contributed by atoms with Gasteiger partial charge in [-0.3, -0.25) is 9.69 Å². The Labute approximate surface area is 210 Å². The molecule has 7 nitrogen and oxygen atoms in total. The molecule has 2 aromatic heterocycles. The Morgan fingerprint density at radius 1 is 1.03 bits per heavy atom. The Balaban J connectivity index is 1.20. The number of benzene rings is 1. The molecule has 35 heavy (non-hydrogen) atoms. The molecule has 1 aromatic carbocycles. The first-order valence-corrected chi connectivity index (χ1v) is 13.7. The lowest BCUT2D eigenvalue weighted by Crippen LogP contribution is -2.50. The molecule has 0 unspecified atom stereocenters. The number of hydrogen-bond donors (Lipinski definition) is 3. The lowest BCUT2D eigenvalue weighted by Gasteiger charge is -2.32. The van der Waals surface area contributed by atoms with Crippen LogP contribution in [0.5, 0.6) is 0 Å². The van der Waals surface area contributed by atoms with Gasteiger partial charge in [0.2, 0.25) is 0 Å². The molecule has 3 N–H and O–H groups in total. The van der Waals surface area contributed by atoms with Crippen LogP contribution >= 0.6 is 11.3 Å². The van der Waals surface area contributed by atoms with Crippen LogP contribution in [0.25, 0.3) is 21.3 Å². The zero-order valence-electron chi connectivity index (χ0n) is 20.7. The van der Waals surface area contributed by atoms with Crippen molar-refractivity contribution in [2.75, 3.05) is 13.1 Å². The predicted molar refractivity (Wildman–Crippen MR) is 142 cm³/mol. The standard InChI is InChI=1S/C27H35N5O2S/c1-17-8-10-19(11-9-17)23-18(2)35-26-24(23)25(33)30-22(31-26)16-32-14-12-21(13-15-32)29-27(34)28-20-6-4-3-5-7-20/h8-11,20-21H,3-7,12-16H2,1-2H3,(H2,28,29,34)(H,30,31,33). The Hall–Kier alpha value is -2.71. The van der Waals surface area contributed by atoms with Crippen LogP contribution < -0.4 is 16.2 Å². The number of carbonyl (C=O) groups is 1. The molecule has 0 spiro atoms. The summed E-state index contributed by atoms with van der Waals surface area (Å²) in [4.78, 5) is 37.6. The number of aromatic amines is 1. The third-order valence-corrected chi connectivity index (χ3v) is 8.36. The Bertz CT molecular complexity index is 1230. The second kappa shape index (κ2) is 10.5. The molecule has 0 bridgehead atoms. The highest BCUT2D eigenvalue weighted by atomic mass is 32.1. The van der Waals surface area contributed by atoms with Crippen LogP contribution in [-0.4, -0.2) is 46.1 Å². The van der Waals surface area contributed by atoms with E-state index in [9.17, 15) is 9.59 Å². The SMILES string of the molecule is Cc1ccc(-c2c(C)sc3nc(CN4CCC(NC(=O)NC5CCCCC5)CC4)[nH]c(=O)c23)cc1. The maximum Gasteiger partial charge on any atom is 0.315 e. The molecule has 2 fully saturated rings. The highest BCUT2D eigenvalue weighted by molar-refractivity contribution is 7.19. The van der Waals surface area contributed by atoms with Crippen molar-refractivity contribution in [1.82, 2.24) is 25.5 Å². The number of aryl methyl sites for hydroxylation is 2. The second-order valence-electron chi connectivity index (χ2n) is 10.1. The maximum atomic E-state index is 13.1. The van der Waals surface area contributed by atoms with Crippen molar-refractivity contribution in [3.05, 3.63) is 50.9 Å². The largest absolute Gasteiger partial charge is 0.335 e. The third kappa shape index (κ3) is 5.59. The summed E-state index contributed by atoms with van der Waals surface area (Å²) < 4.78 is 0. The van der Waals surface area contributed by atoms with E-state index >= 15 is 0 Å². The molecule has 1 aliphatic carbocycles. The minimum Gasteiger partial charge on any atom is -0.335 e. The van der Waals surface area contributed by atoms with Crippen LogP contribution in [0.4, 0.5) is 4.79 Å². The van der Waals surface area contributed by atoms with E-state index in [0.717, 1.165) is 59.6 Å². The fraction of sp³-hybridized carbons (Fsp3) is 0.519. The number of carbonyl (C=O) groups excluding carboxylic acids is 1. The molecule has 1 saturated carbocycles. The number of nitrogens with zero attached hydrogens (tertiary/aromatic N) is 2. The molecule has 5 rings (SSSR count). The first kappa shape index (κ1) is 24.0. The summed E-state index contributed by atoms with van der Waals surface area (Å²) in [6.45, 7) is 6.47. The lowest BCUT2D eigenvalue weighted by molar-refractivity contribution is 0.181. The summed E-state index contributed by atoms with van der Waals surface area (Å²) in [5.74, 6) is 0.709. The van der Waals surface area contributed by atoms with E-state index in [0.29, 0.717) is 23.8 Å². The summed E-state index contributed by atoms with van der Waals surface area (Å²) in [7, 11) is 0. The van der Waals surface area contributed by atoms with Crippen LogP contribution in [0.15, 0.2) is 29.1 Å². The maximum absolute atomic E-state index is 13.1. The van der Waals surface area contributed by atoms with E-state index in [2.05, 4.69) is 58.6 Å². The van der Waals surface area contributed by atoms with Crippen molar-refractivity contribution in [2.45, 2.75) is 77.4 Å². The number of urea groups is 1. The molecular formula is C27H35N5O2S. The number of hydrogen-bond acceptors (Lipinski definition) is 5. The van der Waals surface area contributed by atoms with Crippen molar-refractivity contribution in [3.8, 4) is 11.1 Å². The number of piperidine rings is 1. The number of aromatic nitrogens is 2. The van der Waals surface area contributed by atoms with Crippen LogP contribution in [0, 0.1) is 13.8 Å². The molecule has 2 amide bonds. The second-order valence-corrected chi connectivity index (χ2v) is 11.3. The number of H-pyrrole nitrogens is 1. The van der Waals surface area contributed by atoms with Gasteiger partial charge in [-0.2, -0.15) is 0 Å². The fourth-order valence-electron chi connectivity index (χ4n) is 5.41. The van der Waals surface area contributed by atoms with Crippen molar-refractivity contribution in [1.29, 1.82) is 0 Å². The molecule has 1 saturated heterocycles. The van der Waals surface area contributed by atoms with E-state index < -0.39 is 0 Å². The van der Waals surface area contributed by atoms with Crippen LogP contribution in [0.1, 0.15) is 61.2 Å². The van der Waals surface area contributed by atoms with Gasteiger partial charge in [0, 0.05) is 35.6 Å². The zero-order chi connectivity index (χ0) is 24.4. The average molecular weight is 494 g/mol. The van der Waals surface area contributed by atoms with Crippen molar-refractivity contribution in [3.63, 3.8) is 0 Å². The summed E-state index contributed by atoms with van der Waals surface area (Å²) in [5, 5.41) is 7.00. The molecule has 0 atom stereocenters. The quantitative estimate of drug-likeness (QED) is 0.473. The fourth-order valence-corrected chi connectivity index (χ4v) is 6.48. The number of nitrogens with one attached hydrogen (secondary N) is 3. The van der Waals surface area contributed by atoms with Crippen LogP contribution in [-0.2, 0) is 6.54 Å². The Morgan fingerprint density at radius 3 is 2.37 bits per heavy atom. The molecular weight excluding hydrogens is 458 g/mol. The summed E-state index contributed by atoms with van der Waals surface area (Å²) in [5.41, 5.74) is 3.18. The topological polar surface area (TPSA) is 90.1 Å². The number of fused-ring (bicyclic) bond motifs is 1. The zero-order valence-corrected chi connectivity index (χ0v) is 21.5. The minimum absolute atomic E-state index is 0.0238. The van der Waals surface area contributed by atoms with Gasteiger partial charge in [0.15, 0.2) is 0 Å². The van der Waals surface area contributed by atoms with Gasteiger partial charge in [-0.1, -0.05) is 49.1 Å². The van der Waals surface area contributed by atoms with Crippen LogP contribution in [0.3, 0.4) is 0 Å². The van der Waals surface area contributed by atoms with Gasteiger partial charge in [0.05, 0.1) is 11.9 Å². The first-order valence-electron chi connectivity index (χ1n) is 12.8. The average Bonchev–Trinajstić information content (AvgIpc) is 3.18. The van der Waals surface area contributed by atoms with E-state index in [1.807, 2.05) is 0 Å². The van der Waals surface area contributed by atoms with E-state index in [1.54, 1.807) is 11.3 Å². The van der Waals surface area contributed by atoms with Crippen LogP contribution in [0.2, 0.25) is 0 Å². The van der Waals surface area contributed by atoms with E-state index in [4.69, 9.17) is 4.98 Å². The van der Waals surface area contributed by atoms with Gasteiger partial charge in [-0.15, -0.1) is 11.3 Å². The van der Waals surface area contributed by atoms with Gasteiger partial charge in [0.1, 0.15) is 10.7 Å². The summed E-state index contributed by atoms with van der Waals surface area (Å²) in [6, 6.07) is 8.80. The lowest BCUT2D eigenvalue weighted by atomic mass is 9.96. The van der Waals surface area contributed by atoms with E-state index in [-0.39, 0.29) is 17.6 Å². The molecule has 3 heterocycles. The van der Waals surface area contributed by atoms with Gasteiger partial charge >= 0.3 is 6.03 Å². The highest BCUT2D eigenvalue weighted by Gasteiger charge is 2.24. The number of rotatable bonds is 5. The summed E-state index contributed by atoms with van der Waals surface area (Å²) >= 11 is 1.59. The highest BCUT2D eigenvalue weighted by Crippen LogP contribution is 2.35. The molecule has 2 aliphatic rings. The summed E-state index contributed by atoms with van der Waals surface area (Å²) in [6.07, 6.45) is 7.70. The Kier molecular flexibility index (Phi) is 7.20. The molecule has 3 aromatic rings. The Morgan fingerprint density at radius 2 is 1.69 bits per heavy atom. The van der Waals surface area contributed by atoms with Crippen molar-refractivity contribution in [2.24, 2.45) is 0 Å². The molecule has 0 radical (unpaired) electrons. The number of thiophene rings is 1. The van der Waals surface area contributed by atoms with E-state index in [1.165, 1.54) is 24.8 Å². The van der Waals surface area contributed by atoms with Gasteiger partial charge < -0.3 is 15.6 Å². The van der Waals surface area contributed by atoms with Crippen molar-refractivity contribution >= 4 is 27.6 Å². The van der Waals surface area contributed by atoms with Gasteiger partial charge in [0.25, 0.3) is 5.56 Å². The van der Waals surface area contributed by atoms with Crippen molar-refractivity contribution < 1.29 is 4.79 Å². The smallest absolute Gasteiger partial charge is 0.315 e. The first-order chi connectivity index (χ1) is 17.0. The predicted octanol–water partition coefficient (Wildman–Crippen LogP) is 4.86. The third-order valence-electron chi connectivity index (χ3n) is 7.36. The number of amides is 2. The molecule has 1 aliphatic heterocycles. The normalized spacial score (nSPS) is 18.1. The minimum atomic E-state index is -0.0686. The van der Waals surface area contributed by atoms with Gasteiger partial charge in [-0.05, 0) is 45.1 Å². The monoisotopic (exact) mass is 493 g/mol. The molecule has 8 heteroatoms. The number of likely N-dealkylation sites (tertiary alicyclic amines) is 1.